The van der Waals surface area contributed by atoms with Crippen molar-refractivity contribution < 1.29 is 27.4 Å². The monoisotopic (exact) mass is 617 g/mol. The lowest BCUT2D eigenvalue weighted by molar-refractivity contribution is 0.0299. The van der Waals surface area contributed by atoms with Gasteiger partial charge < -0.3 is 20.8 Å². The van der Waals surface area contributed by atoms with E-state index >= 15 is 0 Å². The van der Waals surface area contributed by atoms with Crippen LogP contribution in [0.1, 0.15) is 42.1 Å². The van der Waals surface area contributed by atoms with Crippen molar-refractivity contribution in [1.29, 1.82) is 0 Å². The van der Waals surface area contributed by atoms with Gasteiger partial charge in [-0.1, -0.05) is 6.07 Å². The van der Waals surface area contributed by atoms with Gasteiger partial charge in [-0.05, 0) is 44.4 Å². The number of sulfonamides is 1. The summed E-state index contributed by atoms with van der Waals surface area (Å²) in [4.78, 5) is 18.6. The summed E-state index contributed by atoms with van der Waals surface area (Å²) in [7, 11) is -3.65. The Morgan fingerprint density at radius 1 is 1.05 bits per heavy atom. The lowest BCUT2D eigenvalue weighted by atomic mass is 10.1. The Hall–Kier alpha value is -3.37. The van der Waals surface area contributed by atoms with Gasteiger partial charge in [-0.3, -0.25) is 4.98 Å². The molecule has 0 radical (unpaired) electrons. The highest BCUT2D eigenvalue weighted by molar-refractivity contribution is 7.88. The Labute approximate surface area is 244 Å². The molecule has 2 aliphatic carbocycles. The third-order valence-corrected chi connectivity index (χ3v) is 9.23. The molecule has 5 N–H and O–H groups in total. The first-order chi connectivity index (χ1) is 20.0. The van der Waals surface area contributed by atoms with E-state index in [1.807, 2.05) is 6.07 Å². The maximum Gasteiger partial charge on any atom is 0.225 e. The van der Waals surface area contributed by atoms with Crippen molar-refractivity contribution in [3.05, 3.63) is 59.0 Å². The minimum Gasteiger partial charge on any atom is -0.389 e. The molecule has 0 bridgehead atoms. The number of thiazole rings is 1. The van der Waals surface area contributed by atoms with Gasteiger partial charge in [0.05, 0.1) is 46.1 Å². The van der Waals surface area contributed by atoms with E-state index in [4.69, 9.17) is 4.98 Å². The van der Waals surface area contributed by atoms with E-state index in [0.29, 0.717) is 22.2 Å². The van der Waals surface area contributed by atoms with Crippen LogP contribution in [0.15, 0.2) is 30.5 Å². The minimum absolute atomic E-state index is 0.0662. The molecule has 1 aromatic carbocycles. The number of aliphatic hydroxyl groups excluding tert-OH is 2. The first-order valence-electron chi connectivity index (χ1n) is 13.4. The average Bonchev–Trinajstić information content (AvgIpc) is 3.62. The van der Waals surface area contributed by atoms with Crippen molar-refractivity contribution in [2.45, 2.75) is 62.9 Å². The number of benzene rings is 1. The number of pyridine rings is 1. The SMILES string of the molecule is Cc1nc(NCc2c(F)cccc2F)nc(NC2CC(NS(C)(=O)=O)C(O)C2O)c1-c1nc2c(C3CC3)nccc2s1. The molecule has 4 unspecified atom stereocenters. The van der Waals surface area contributed by atoms with Gasteiger partial charge in [-0.2, -0.15) is 4.98 Å². The van der Waals surface area contributed by atoms with Gasteiger partial charge in [0.15, 0.2) is 0 Å². The predicted octanol–water partition coefficient (Wildman–Crippen LogP) is 3.05. The van der Waals surface area contributed by atoms with E-state index in [2.05, 4.69) is 30.3 Å². The molecule has 3 heterocycles. The Kier molecular flexibility index (Phi) is 7.55. The van der Waals surface area contributed by atoms with Crippen LogP contribution in [0.3, 0.4) is 0 Å². The summed E-state index contributed by atoms with van der Waals surface area (Å²) in [5, 5.41) is 28.0. The van der Waals surface area contributed by atoms with Crippen molar-refractivity contribution in [2.75, 3.05) is 16.9 Å². The van der Waals surface area contributed by atoms with E-state index < -0.39 is 45.9 Å². The fourth-order valence-electron chi connectivity index (χ4n) is 5.26. The Morgan fingerprint density at radius 3 is 2.45 bits per heavy atom. The zero-order valence-corrected chi connectivity index (χ0v) is 24.3. The zero-order valence-electron chi connectivity index (χ0n) is 22.7. The van der Waals surface area contributed by atoms with Crippen molar-refractivity contribution in [1.82, 2.24) is 24.7 Å². The zero-order chi connectivity index (χ0) is 29.8. The maximum atomic E-state index is 14.3. The standard InChI is InChI=1S/C27H29F2N7O4S2/c1-12-20(26-34-22-19(41-26)8-9-30-21(22)13-6-7-13)25(33-17-10-18(24(38)23(17)37)36-42(2,39)40)35-27(32-12)31-11-14-15(28)4-3-5-16(14)29/h3-5,8-9,13,17-18,23-24,36-38H,6-7,10-11H2,1-2H3,(H2,31,32,33,35). The lowest BCUT2D eigenvalue weighted by Crippen LogP contribution is -2.42. The molecule has 0 saturated heterocycles. The molecule has 0 aliphatic heterocycles. The molecule has 4 atom stereocenters. The van der Waals surface area contributed by atoms with Gasteiger partial charge in [-0.25, -0.2) is 31.9 Å². The summed E-state index contributed by atoms with van der Waals surface area (Å²) in [5.41, 5.74) is 2.62. The number of nitrogens with zero attached hydrogens (tertiary/aromatic N) is 4. The van der Waals surface area contributed by atoms with Crippen LogP contribution in [0.25, 0.3) is 20.8 Å². The molecule has 0 amide bonds. The normalized spacial score (nSPS) is 22.5. The molecule has 42 heavy (non-hydrogen) atoms. The summed E-state index contributed by atoms with van der Waals surface area (Å²) in [6.45, 7) is 1.52. The molecule has 2 saturated carbocycles. The van der Waals surface area contributed by atoms with Gasteiger partial charge in [0.1, 0.15) is 34.1 Å². The van der Waals surface area contributed by atoms with Crippen LogP contribution in [-0.2, 0) is 16.6 Å². The molecule has 0 spiro atoms. The number of hydrogen-bond acceptors (Lipinski definition) is 11. The second-order valence-corrected chi connectivity index (χ2v) is 13.5. The highest BCUT2D eigenvalue weighted by Crippen LogP contribution is 2.44. The number of aliphatic hydroxyl groups is 2. The smallest absolute Gasteiger partial charge is 0.225 e. The number of halogens is 2. The molecule has 11 nitrogen and oxygen atoms in total. The molecule has 2 aliphatic rings. The first kappa shape index (κ1) is 28.7. The third-order valence-electron chi connectivity index (χ3n) is 7.46. The van der Waals surface area contributed by atoms with Crippen LogP contribution >= 0.6 is 11.3 Å². The van der Waals surface area contributed by atoms with Crippen molar-refractivity contribution in [3.63, 3.8) is 0 Å². The quantitative estimate of drug-likeness (QED) is 0.189. The molecule has 6 rings (SSSR count). The Morgan fingerprint density at radius 2 is 1.76 bits per heavy atom. The van der Waals surface area contributed by atoms with Crippen molar-refractivity contribution >= 4 is 43.3 Å². The lowest BCUT2D eigenvalue weighted by Gasteiger charge is -2.21. The van der Waals surface area contributed by atoms with Crippen LogP contribution in [-0.4, -0.2) is 69.1 Å². The number of nitrogens with one attached hydrogen (secondary N) is 3. The van der Waals surface area contributed by atoms with Crippen LogP contribution in [0, 0.1) is 18.6 Å². The molecule has 2 fully saturated rings. The number of aryl methyl sites for hydroxylation is 1. The second-order valence-electron chi connectivity index (χ2n) is 10.7. The van der Waals surface area contributed by atoms with Crippen LogP contribution in [0.5, 0.6) is 0 Å². The van der Waals surface area contributed by atoms with Gasteiger partial charge in [0.2, 0.25) is 16.0 Å². The van der Waals surface area contributed by atoms with Gasteiger partial charge in [-0.15, -0.1) is 11.3 Å². The van der Waals surface area contributed by atoms with Crippen molar-refractivity contribution in [2.24, 2.45) is 0 Å². The fourth-order valence-corrected chi connectivity index (χ4v) is 7.11. The predicted molar refractivity (Wildman–Crippen MR) is 155 cm³/mol. The highest BCUT2D eigenvalue weighted by atomic mass is 32.2. The number of rotatable bonds is 9. The van der Waals surface area contributed by atoms with Gasteiger partial charge >= 0.3 is 0 Å². The van der Waals surface area contributed by atoms with Gasteiger partial charge in [0.25, 0.3) is 0 Å². The Bertz CT molecular complexity index is 1750. The number of hydrogen-bond donors (Lipinski definition) is 5. The van der Waals surface area contributed by atoms with Gasteiger partial charge in [0, 0.05) is 24.2 Å². The third kappa shape index (κ3) is 5.79. The molecular weight excluding hydrogens is 588 g/mol. The average molecular weight is 618 g/mol. The minimum atomic E-state index is -3.65. The van der Waals surface area contributed by atoms with Crippen LogP contribution in [0.4, 0.5) is 20.5 Å². The van der Waals surface area contributed by atoms with E-state index in [1.54, 1.807) is 13.1 Å². The topological polar surface area (TPSA) is 162 Å². The molecular formula is C27H29F2N7O4S2. The summed E-state index contributed by atoms with van der Waals surface area (Å²) in [6, 6.07) is 3.78. The number of fused-ring (bicyclic) bond motifs is 1. The summed E-state index contributed by atoms with van der Waals surface area (Å²) in [5.74, 6) is -0.720. The highest BCUT2D eigenvalue weighted by Gasteiger charge is 2.43. The molecule has 222 valence electrons. The van der Waals surface area contributed by atoms with Crippen molar-refractivity contribution in [3.8, 4) is 10.6 Å². The molecule has 15 heteroatoms. The maximum absolute atomic E-state index is 14.3. The second kappa shape index (κ2) is 11.0. The fraction of sp³-hybridized carbons (Fsp3) is 0.407. The number of aromatic nitrogens is 4. The summed E-state index contributed by atoms with van der Waals surface area (Å²) in [6.07, 6.45) is 2.24. The van der Waals surface area contributed by atoms with E-state index in [1.165, 1.54) is 17.4 Å². The molecule has 3 aromatic heterocycles. The van der Waals surface area contributed by atoms with Crippen LogP contribution in [0.2, 0.25) is 0 Å². The summed E-state index contributed by atoms with van der Waals surface area (Å²) >= 11 is 1.43. The van der Waals surface area contributed by atoms with E-state index in [9.17, 15) is 27.4 Å². The van der Waals surface area contributed by atoms with E-state index in [0.717, 1.165) is 47.1 Å². The number of anilines is 2. The Balaban J connectivity index is 1.38. The van der Waals surface area contributed by atoms with E-state index in [-0.39, 0.29) is 30.3 Å². The largest absolute Gasteiger partial charge is 0.389 e. The first-order valence-corrected chi connectivity index (χ1v) is 16.1. The summed E-state index contributed by atoms with van der Waals surface area (Å²) < 4.78 is 55.4. The van der Waals surface area contributed by atoms with Crippen LogP contribution < -0.4 is 15.4 Å². The molecule has 4 aromatic rings.